The molecule has 2 rings (SSSR count). The van der Waals surface area contributed by atoms with E-state index < -0.39 is 18.0 Å². The number of nitrogens with zero attached hydrogens (tertiary/aromatic N) is 1. The van der Waals surface area contributed by atoms with Crippen LogP contribution >= 0.6 is 0 Å². The summed E-state index contributed by atoms with van der Waals surface area (Å²) in [5, 5.41) is 8.73. The van der Waals surface area contributed by atoms with Crippen molar-refractivity contribution >= 4 is 24.1 Å². The van der Waals surface area contributed by atoms with Gasteiger partial charge in [-0.2, -0.15) is 0 Å². The first kappa shape index (κ1) is 24.0. The number of esters is 1. The molecule has 0 aliphatic heterocycles. The number of rotatable bonds is 12. The van der Waals surface area contributed by atoms with E-state index in [1.54, 1.807) is 7.11 Å². The van der Waals surface area contributed by atoms with Crippen LogP contribution in [0.15, 0.2) is 48.5 Å². The van der Waals surface area contributed by atoms with E-state index in [0.29, 0.717) is 12.3 Å². The Kier molecular flexibility index (Phi) is 9.58. The number of hydrogen-bond donors (Lipinski definition) is 1. The van der Waals surface area contributed by atoms with Gasteiger partial charge in [-0.3, -0.25) is 9.59 Å². The summed E-state index contributed by atoms with van der Waals surface area (Å²) in [5.74, 6) is -0.145. The Labute approximate surface area is 182 Å². The fraction of sp³-hybridized carbons (Fsp3) is 0.333. The van der Waals surface area contributed by atoms with Crippen LogP contribution in [-0.4, -0.2) is 62.4 Å². The Morgan fingerprint density at radius 1 is 1.06 bits per heavy atom. The number of likely N-dealkylation sites (N-methyl/N-ethyl adjacent to an activating group) is 1. The van der Waals surface area contributed by atoms with Crippen molar-refractivity contribution in [1.29, 1.82) is 0 Å². The molecule has 0 bridgehead atoms. The van der Waals surface area contributed by atoms with Crippen molar-refractivity contribution in [2.75, 3.05) is 34.4 Å². The molecule has 1 N–H and O–H groups in total. The number of carboxylic acids is 1. The molecule has 0 saturated carbocycles. The fourth-order valence-corrected chi connectivity index (χ4v) is 2.85. The fourth-order valence-electron chi connectivity index (χ4n) is 2.85. The molecule has 7 heteroatoms. The molecule has 0 amide bonds. The minimum atomic E-state index is -1.03. The van der Waals surface area contributed by atoms with Crippen LogP contribution in [0.3, 0.4) is 0 Å². The van der Waals surface area contributed by atoms with Crippen LogP contribution in [0, 0.1) is 0 Å². The molecule has 2 aromatic rings. The molecule has 0 aliphatic carbocycles. The third-order valence-electron chi connectivity index (χ3n) is 4.30. The smallest absolute Gasteiger partial charge is 0.306 e. The Morgan fingerprint density at radius 2 is 1.84 bits per heavy atom. The van der Waals surface area contributed by atoms with Gasteiger partial charge in [0.1, 0.15) is 24.2 Å². The second kappa shape index (κ2) is 12.4. The van der Waals surface area contributed by atoms with Crippen LogP contribution in [0.1, 0.15) is 24.0 Å². The Morgan fingerprint density at radius 3 is 2.55 bits per heavy atom. The monoisotopic (exact) mass is 427 g/mol. The Balaban J connectivity index is 2.05. The van der Waals surface area contributed by atoms with E-state index in [1.165, 1.54) is 0 Å². The van der Waals surface area contributed by atoms with E-state index in [1.807, 2.05) is 79.7 Å². The number of hydrogen-bond acceptors (Lipinski definition) is 6. The maximum Gasteiger partial charge on any atom is 0.306 e. The van der Waals surface area contributed by atoms with Gasteiger partial charge in [-0.15, -0.1) is 0 Å². The minimum Gasteiger partial charge on any atom is -0.497 e. The lowest BCUT2D eigenvalue weighted by molar-refractivity contribution is -0.153. The number of carboxylic acid groups (broad SMARTS) is 1. The lowest BCUT2D eigenvalue weighted by atomic mass is 10.1. The van der Waals surface area contributed by atoms with Crippen LogP contribution in [-0.2, 0) is 14.3 Å². The standard InChI is InChI=1S/C24H29NO6/c1-25(2)16-21(31-24(28)14-13-23(26)27)17-30-22-10-5-4-8-19(22)12-11-18-7-6-9-20(15-18)29-3/h4-12,15,21H,13-14,16-17H2,1-3H3,(H,26,27). The van der Waals surface area contributed by atoms with Gasteiger partial charge in [0.05, 0.1) is 20.0 Å². The molecule has 0 fully saturated rings. The summed E-state index contributed by atoms with van der Waals surface area (Å²) in [6, 6.07) is 15.3. The highest BCUT2D eigenvalue weighted by Crippen LogP contribution is 2.22. The molecule has 166 valence electrons. The first-order chi connectivity index (χ1) is 14.9. The van der Waals surface area contributed by atoms with Gasteiger partial charge in [0.25, 0.3) is 0 Å². The third kappa shape index (κ3) is 8.92. The number of benzene rings is 2. The summed E-state index contributed by atoms with van der Waals surface area (Å²) in [5.41, 5.74) is 1.87. The molecule has 7 nitrogen and oxygen atoms in total. The summed E-state index contributed by atoms with van der Waals surface area (Å²) in [6.45, 7) is 0.613. The molecule has 0 saturated heterocycles. The van der Waals surface area contributed by atoms with E-state index >= 15 is 0 Å². The normalized spacial score (nSPS) is 12.0. The second-order valence-electron chi connectivity index (χ2n) is 7.23. The second-order valence-corrected chi connectivity index (χ2v) is 7.23. The zero-order chi connectivity index (χ0) is 22.6. The Hall–Kier alpha value is -3.32. The van der Waals surface area contributed by atoms with Gasteiger partial charge in [-0.1, -0.05) is 42.5 Å². The maximum atomic E-state index is 11.9. The van der Waals surface area contributed by atoms with E-state index in [-0.39, 0.29) is 19.4 Å². The van der Waals surface area contributed by atoms with Crippen LogP contribution in [0.25, 0.3) is 12.2 Å². The Bertz CT molecular complexity index is 893. The number of aliphatic carboxylic acids is 1. The lowest BCUT2D eigenvalue weighted by Crippen LogP contribution is -2.35. The van der Waals surface area contributed by atoms with E-state index in [9.17, 15) is 9.59 Å². The SMILES string of the molecule is COc1cccc(C=Cc2ccccc2OCC(CN(C)C)OC(=O)CCC(=O)O)c1. The molecule has 0 radical (unpaired) electrons. The summed E-state index contributed by atoms with van der Waals surface area (Å²) in [4.78, 5) is 24.5. The molecular formula is C24H29NO6. The number of carbonyl (C=O) groups is 2. The molecule has 31 heavy (non-hydrogen) atoms. The molecule has 2 aromatic carbocycles. The van der Waals surface area contributed by atoms with Crippen molar-refractivity contribution in [2.45, 2.75) is 18.9 Å². The highest BCUT2D eigenvalue weighted by atomic mass is 16.6. The van der Waals surface area contributed by atoms with Crippen molar-refractivity contribution in [3.8, 4) is 11.5 Å². The average molecular weight is 427 g/mol. The maximum absolute atomic E-state index is 11.9. The van der Waals surface area contributed by atoms with Gasteiger partial charge >= 0.3 is 11.9 Å². The first-order valence-corrected chi connectivity index (χ1v) is 9.97. The highest BCUT2D eigenvalue weighted by molar-refractivity contribution is 5.76. The predicted octanol–water partition coefficient (Wildman–Crippen LogP) is 3.58. The van der Waals surface area contributed by atoms with Crippen LogP contribution in [0.4, 0.5) is 0 Å². The molecule has 1 unspecified atom stereocenters. The largest absolute Gasteiger partial charge is 0.497 e. The highest BCUT2D eigenvalue weighted by Gasteiger charge is 2.18. The minimum absolute atomic E-state index is 0.154. The molecular weight excluding hydrogens is 398 g/mol. The topological polar surface area (TPSA) is 85.3 Å². The molecule has 0 aliphatic rings. The number of para-hydroxylation sites is 1. The molecule has 0 aromatic heterocycles. The van der Waals surface area contributed by atoms with E-state index in [2.05, 4.69) is 0 Å². The zero-order valence-corrected chi connectivity index (χ0v) is 18.1. The van der Waals surface area contributed by atoms with Gasteiger partial charge in [0.2, 0.25) is 0 Å². The third-order valence-corrected chi connectivity index (χ3v) is 4.30. The van der Waals surface area contributed by atoms with Gasteiger partial charge in [-0.05, 0) is 37.9 Å². The lowest BCUT2D eigenvalue weighted by Gasteiger charge is -2.22. The quantitative estimate of drug-likeness (QED) is 0.409. The van der Waals surface area contributed by atoms with Crippen LogP contribution in [0.2, 0.25) is 0 Å². The molecule has 0 spiro atoms. The first-order valence-electron chi connectivity index (χ1n) is 9.97. The molecule has 0 heterocycles. The van der Waals surface area contributed by atoms with Gasteiger partial charge in [0.15, 0.2) is 0 Å². The number of ether oxygens (including phenoxy) is 3. The summed E-state index contributed by atoms with van der Waals surface area (Å²) >= 11 is 0. The van der Waals surface area contributed by atoms with Crippen molar-refractivity contribution < 1.29 is 28.9 Å². The van der Waals surface area contributed by atoms with Gasteiger partial charge in [-0.25, -0.2) is 0 Å². The summed E-state index contributed by atoms with van der Waals surface area (Å²) in [7, 11) is 5.36. The summed E-state index contributed by atoms with van der Waals surface area (Å²) < 4.78 is 16.6. The van der Waals surface area contributed by atoms with Crippen molar-refractivity contribution in [1.82, 2.24) is 4.90 Å². The predicted molar refractivity (Wildman–Crippen MR) is 119 cm³/mol. The molecule has 1 atom stereocenters. The van der Waals surface area contributed by atoms with E-state index in [4.69, 9.17) is 19.3 Å². The van der Waals surface area contributed by atoms with Crippen LogP contribution < -0.4 is 9.47 Å². The van der Waals surface area contributed by atoms with Crippen LogP contribution in [0.5, 0.6) is 11.5 Å². The van der Waals surface area contributed by atoms with Crippen molar-refractivity contribution in [2.24, 2.45) is 0 Å². The van der Waals surface area contributed by atoms with Crippen molar-refractivity contribution in [3.63, 3.8) is 0 Å². The number of carbonyl (C=O) groups excluding carboxylic acids is 1. The zero-order valence-electron chi connectivity index (χ0n) is 18.1. The number of methoxy groups -OCH3 is 1. The van der Waals surface area contributed by atoms with Gasteiger partial charge in [0, 0.05) is 12.1 Å². The van der Waals surface area contributed by atoms with Gasteiger partial charge < -0.3 is 24.2 Å². The summed E-state index contributed by atoms with van der Waals surface area (Å²) in [6.07, 6.45) is 2.97. The van der Waals surface area contributed by atoms with Crippen molar-refractivity contribution in [3.05, 3.63) is 59.7 Å². The average Bonchev–Trinajstić information content (AvgIpc) is 2.75. The van der Waals surface area contributed by atoms with E-state index in [0.717, 1.165) is 16.9 Å².